The Kier molecular flexibility index (Phi) is 5.47. The zero-order chi connectivity index (χ0) is 18.5. The fraction of sp³-hybridized carbons (Fsp3) is 0.261. The monoisotopic (exact) mass is 359 g/mol. The van der Waals surface area contributed by atoms with Crippen molar-refractivity contribution in [3.63, 3.8) is 0 Å². The number of nitrogens with zero attached hydrogens (tertiary/aromatic N) is 2. The van der Waals surface area contributed by atoms with Crippen molar-refractivity contribution < 1.29 is 4.74 Å². The van der Waals surface area contributed by atoms with Crippen molar-refractivity contribution >= 4 is 0 Å². The maximum Gasteiger partial charge on any atom is 0.127 e. The van der Waals surface area contributed by atoms with Crippen LogP contribution in [-0.2, 0) is 0 Å². The van der Waals surface area contributed by atoms with Crippen molar-refractivity contribution in [1.82, 2.24) is 15.2 Å². The molecule has 1 unspecified atom stereocenters. The number of aromatic nitrogens is 1. The number of hydrogen-bond acceptors (Lipinski definition) is 4. The Hall–Kier alpha value is -2.69. The highest BCUT2D eigenvalue weighted by molar-refractivity contribution is 5.38. The number of hydrogen-bond donors (Lipinski definition) is 1. The molecule has 1 aliphatic heterocycles. The number of piperazine rings is 1. The molecule has 1 N–H and O–H groups in total. The number of nitrogens with one attached hydrogen (secondary N) is 1. The molecule has 3 aromatic rings. The molecule has 1 atom stereocenters. The van der Waals surface area contributed by atoms with Crippen LogP contribution >= 0.6 is 0 Å². The van der Waals surface area contributed by atoms with Gasteiger partial charge in [-0.25, -0.2) is 0 Å². The van der Waals surface area contributed by atoms with Crippen LogP contribution in [0.3, 0.4) is 0 Å². The number of benzene rings is 2. The van der Waals surface area contributed by atoms with Crippen molar-refractivity contribution in [3.05, 3.63) is 89.7 Å². The summed E-state index contributed by atoms with van der Waals surface area (Å²) in [6.45, 7) is 6.09. The highest BCUT2D eigenvalue weighted by atomic mass is 16.5. The van der Waals surface area contributed by atoms with E-state index in [-0.39, 0.29) is 6.04 Å². The van der Waals surface area contributed by atoms with Crippen molar-refractivity contribution in [2.45, 2.75) is 13.0 Å². The summed E-state index contributed by atoms with van der Waals surface area (Å²) in [4.78, 5) is 7.24. The van der Waals surface area contributed by atoms with Crippen LogP contribution in [0.4, 0.5) is 0 Å². The molecule has 27 heavy (non-hydrogen) atoms. The second-order valence-electron chi connectivity index (χ2n) is 6.94. The van der Waals surface area contributed by atoms with Gasteiger partial charge in [0.25, 0.3) is 0 Å². The van der Waals surface area contributed by atoms with Gasteiger partial charge in [0.05, 0.1) is 11.7 Å². The summed E-state index contributed by atoms with van der Waals surface area (Å²) in [5.74, 6) is 1.70. The smallest absolute Gasteiger partial charge is 0.127 e. The predicted octanol–water partition coefficient (Wildman–Crippen LogP) is 4.18. The van der Waals surface area contributed by atoms with Crippen LogP contribution in [0.25, 0.3) is 0 Å². The number of aryl methyl sites for hydroxylation is 1. The van der Waals surface area contributed by atoms with Gasteiger partial charge in [-0.1, -0.05) is 36.4 Å². The normalized spacial score (nSPS) is 16.0. The van der Waals surface area contributed by atoms with E-state index in [1.807, 2.05) is 42.6 Å². The molecule has 2 heterocycles. The molecule has 0 radical (unpaired) electrons. The Bertz CT molecular complexity index is 858. The van der Waals surface area contributed by atoms with Crippen molar-refractivity contribution in [3.8, 4) is 11.5 Å². The molecule has 4 rings (SSSR count). The Morgan fingerprint density at radius 2 is 1.70 bits per heavy atom. The standard InChI is InChI=1S/C23H25N3O/c1-18-10-11-22(25-17-18)23(26-14-12-24-13-15-26)19-6-5-9-21(16-19)27-20-7-3-2-4-8-20/h2-11,16-17,23-24H,12-15H2,1H3. The lowest BCUT2D eigenvalue weighted by molar-refractivity contribution is 0.195. The fourth-order valence-electron chi connectivity index (χ4n) is 3.52. The van der Waals surface area contributed by atoms with Gasteiger partial charge >= 0.3 is 0 Å². The van der Waals surface area contributed by atoms with E-state index >= 15 is 0 Å². The first-order valence-electron chi connectivity index (χ1n) is 9.50. The molecule has 2 aromatic carbocycles. The number of para-hydroxylation sites is 1. The summed E-state index contributed by atoms with van der Waals surface area (Å²) in [6, 6.07) is 22.7. The van der Waals surface area contributed by atoms with E-state index in [9.17, 15) is 0 Å². The van der Waals surface area contributed by atoms with Gasteiger partial charge in [0.1, 0.15) is 11.5 Å². The summed E-state index contributed by atoms with van der Waals surface area (Å²) >= 11 is 0. The van der Waals surface area contributed by atoms with E-state index in [0.29, 0.717) is 0 Å². The Morgan fingerprint density at radius 1 is 0.926 bits per heavy atom. The number of ether oxygens (including phenoxy) is 1. The van der Waals surface area contributed by atoms with Gasteiger partial charge in [-0.15, -0.1) is 0 Å². The molecule has 0 aliphatic carbocycles. The maximum absolute atomic E-state index is 6.06. The minimum atomic E-state index is 0.132. The molecule has 0 saturated carbocycles. The molecular formula is C23H25N3O. The topological polar surface area (TPSA) is 37.4 Å². The van der Waals surface area contributed by atoms with Crippen LogP contribution in [0.1, 0.15) is 22.9 Å². The maximum atomic E-state index is 6.06. The highest BCUT2D eigenvalue weighted by Gasteiger charge is 2.25. The average molecular weight is 359 g/mol. The van der Waals surface area contributed by atoms with E-state index in [0.717, 1.165) is 43.4 Å². The van der Waals surface area contributed by atoms with Crippen molar-refractivity contribution in [1.29, 1.82) is 0 Å². The van der Waals surface area contributed by atoms with Crippen molar-refractivity contribution in [2.24, 2.45) is 0 Å². The zero-order valence-corrected chi connectivity index (χ0v) is 15.6. The van der Waals surface area contributed by atoms with E-state index in [1.54, 1.807) is 0 Å². The van der Waals surface area contributed by atoms with Gasteiger partial charge in [0.15, 0.2) is 0 Å². The molecule has 1 saturated heterocycles. The van der Waals surface area contributed by atoms with Crippen LogP contribution < -0.4 is 10.1 Å². The molecule has 138 valence electrons. The van der Waals surface area contributed by atoms with Crippen LogP contribution in [0.5, 0.6) is 11.5 Å². The van der Waals surface area contributed by atoms with Gasteiger partial charge in [-0.2, -0.15) is 0 Å². The third-order valence-corrected chi connectivity index (χ3v) is 4.88. The predicted molar refractivity (Wildman–Crippen MR) is 108 cm³/mol. The van der Waals surface area contributed by atoms with Crippen molar-refractivity contribution in [2.75, 3.05) is 26.2 Å². The van der Waals surface area contributed by atoms with E-state index < -0.39 is 0 Å². The Morgan fingerprint density at radius 3 is 2.44 bits per heavy atom. The second kappa shape index (κ2) is 8.33. The third-order valence-electron chi connectivity index (χ3n) is 4.88. The molecule has 0 bridgehead atoms. The Balaban J connectivity index is 1.66. The Labute approximate surface area is 160 Å². The third kappa shape index (κ3) is 4.35. The first-order chi connectivity index (χ1) is 13.3. The summed E-state index contributed by atoms with van der Waals surface area (Å²) in [5, 5.41) is 3.44. The number of rotatable bonds is 5. The quantitative estimate of drug-likeness (QED) is 0.742. The van der Waals surface area contributed by atoms with E-state index in [1.165, 1.54) is 11.1 Å². The first kappa shape index (κ1) is 17.7. The fourth-order valence-corrected chi connectivity index (χ4v) is 3.52. The highest BCUT2D eigenvalue weighted by Crippen LogP contribution is 2.31. The van der Waals surface area contributed by atoms with E-state index in [4.69, 9.17) is 9.72 Å². The lowest BCUT2D eigenvalue weighted by atomic mass is 10.00. The summed E-state index contributed by atoms with van der Waals surface area (Å²) in [7, 11) is 0. The minimum Gasteiger partial charge on any atom is -0.457 e. The van der Waals surface area contributed by atoms with Gasteiger partial charge in [-0.05, 0) is 48.4 Å². The molecule has 4 heteroatoms. The largest absolute Gasteiger partial charge is 0.457 e. The van der Waals surface area contributed by atoms with Crippen LogP contribution in [0.15, 0.2) is 72.9 Å². The summed E-state index contributed by atoms with van der Waals surface area (Å²) < 4.78 is 6.06. The first-order valence-corrected chi connectivity index (χ1v) is 9.50. The molecular weight excluding hydrogens is 334 g/mol. The molecule has 0 amide bonds. The SMILES string of the molecule is Cc1ccc(C(c2cccc(Oc3ccccc3)c2)N2CCNCC2)nc1. The lowest BCUT2D eigenvalue weighted by Crippen LogP contribution is -2.45. The summed E-state index contributed by atoms with van der Waals surface area (Å²) in [6.07, 6.45) is 1.95. The van der Waals surface area contributed by atoms with Crippen LogP contribution in [0, 0.1) is 6.92 Å². The van der Waals surface area contributed by atoms with Crippen LogP contribution in [0.2, 0.25) is 0 Å². The van der Waals surface area contributed by atoms with Crippen LogP contribution in [-0.4, -0.2) is 36.1 Å². The molecule has 1 aromatic heterocycles. The van der Waals surface area contributed by atoms with Gasteiger partial charge in [-0.3, -0.25) is 9.88 Å². The number of pyridine rings is 1. The minimum absolute atomic E-state index is 0.132. The lowest BCUT2D eigenvalue weighted by Gasteiger charge is -2.35. The average Bonchev–Trinajstić information content (AvgIpc) is 2.72. The molecule has 0 spiro atoms. The van der Waals surface area contributed by atoms with Gasteiger partial charge in [0.2, 0.25) is 0 Å². The molecule has 1 fully saturated rings. The zero-order valence-electron chi connectivity index (χ0n) is 15.6. The molecule has 4 nitrogen and oxygen atoms in total. The van der Waals surface area contributed by atoms with Gasteiger partial charge < -0.3 is 10.1 Å². The van der Waals surface area contributed by atoms with E-state index in [2.05, 4.69) is 47.5 Å². The van der Waals surface area contributed by atoms with Gasteiger partial charge in [0, 0.05) is 32.4 Å². The molecule has 1 aliphatic rings. The second-order valence-corrected chi connectivity index (χ2v) is 6.94. The summed E-state index contributed by atoms with van der Waals surface area (Å²) in [5.41, 5.74) is 3.47.